The molecule has 0 saturated carbocycles. The Morgan fingerprint density at radius 3 is 3.04 bits per heavy atom. The molecule has 2 atom stereocenters. The van der Waals surface area contributed by atoms with Crippen molar-refractivity contribution in [3.05, 3.63) is 29.6 Å². The highest BCUT2D eigenvalue weighted by Crippen LogP contribution is 2.37. The highest BCUT2D eigenvalue weighted by molar-refractivity contribution is 5.93. The topological polar surface area (TPSA) is 50.8 Å². The minimum Gasteiger partial charge on any atom is -0.377 e. The molecular weight excluding hydrogens is 311 g/mol. The normalized spacial score (nSPS) is 27.5. The summed E-state index contributed by atoms with van der Waals surface area (Å²) in [6, 6.07) is 4.70. The Morgan fingerprint density at radius 2 is 2.33 bits per heavy atom. The van der Waals surface area contributed by atoms with Crippen molar-refractivity contribution in [3.8, 4) is 0 Å². The molecule has 1 aromatic rings. The molecule has 2 aliphatic heterocycles. The van der Waals surface area contributed by atoms with Crippen LogP contribution in [0, 0.1) is 12.7 Å². The monoisotopic (exact) mass is 336 g/mol. The fourth-order valence-corrected chi connectivity index (χ4v) is 3.74. The lowest BCUT2D eigenvalue weighted by atomic mass is 9.86. The zero-order chi connectivity index (χ0) is 17.2. The summed E-state index contributed by atoms with van der Waals surface area (Å²) in [4.78, 5) is 14.4. The first-order chi connectivity index (χ1) is 11.5. The smallest absolute Gasteiger partial charge is 0.238 e. The summed E-state index contributed by atoms with van der Waals surface area (Å²) in [7, 11) is 1.70. The van der Waals surface area contributed by atoms with Gasteiger partial charge in [-0.1, -0.05) is 6.07 Å². The van der Waals surface area contributed by atoms with E-state index in [9.17, 15) is 9.18 Å². The molecule has 3 rings (SSSR count). The summed E-state index contributed by atoms with van der Waals surface area (Å²) in [6.45, 7) is 4.19. The quantitative estimate of drug-likeness (QED) is 0.917. The third kappa shape index (κ3) is 3.45. The SMILES string of the molecule is CO[C@H]1CN(CC(=O)Nc2cccc(F)c2C)CC[C@]12CCCO2. The number of methoxy groups -OCH3 is 1. The lowest BCUT2D eigenvalue weighted by Gasteiger charge is -2.44. The largest absolute Gasteiger partial charge is 0.377 e. The third-order valence-electron chi connectivity index (χ3n) is 5.19. The van der Waals surface area contributed by atoms with Crippen LogP contribution in [0.1, 0.15) is 24.8 Å². The van der Waals surface area contributed by atoms with Crippen molar-refractivity contribution in [3.63, 3.8) is 0 Å². The van der Waals surface area contributed by atoms with Gasteiger partial charge in [-0.15, -0.1) is 0 Å². The molecular formula is C18H25FN2O3. The summed E-state index contributed by atoms with van der Waals surface area (Å²) in [5, 5.41) is 2.80. The zero-order valence-electron chi connectivity index (χ0n) is 14.3. The van der Waals surface area contributed by atoms with E-state index >= 15 is 0 Å². The van der Waals surface area contributed by atoms with Gasteiger partial charge in [0.1, 0.15) is 5.82 Å². The molecule has 2 fully saturated rings. The first-order valence-corrected chi connectivity index (χ1v) is 8.48. The first kappa shape index (κ1) is 17.3. The zero-order valence-corrected chi connectivity index (χ0v) is 14.3. The number of ether oxygens (including phenoxy) is 2. The number of nitrogens with zero attached hydrogens (tertiary/aromatic N) is 1. The summed E-state index contributed by atoms with van der Waals surface area (Å²) in [6.07, 6.45) is 2.95. The Labute approximate surface area is 142 Å². The van der Waals surface area contributed by atoms with Crippen LogP contribution in [-0.4, -0.2) is 55.9 Å². The van der Waals surface area contributed by atoms with Gasteiger partial charge in [-0.2, -0.15) is 0 Å². The van der Waals surface area contributed by atoms with Crippen molar-refractivity contribution in [2.75, 3.05) is 38.7 Å². The van der Waals surface area contributed by atoms with E-state index in [0.29, 0.717) is 17.8 Å². The van der Waals surface area contributed by atoms with Gasteiger partial charge in [0.2, 0.25) is 5.91 Å². The molecule has 2 aliphatic rings. The van der Waals surface area contributed by atoms with Crippen molar-refractivity contribution in [2.45, 2.75) is 37.9 Å². The maximum absolute atomic E-state index is 13.6. The molecule has 1 N–H and O–H groups in total. The second-order valence-electron chi connectivity index (χ2n) is 6.69. The van der Waals surface area contributed by atoms with Crippen LogP contribution in [0.25, 0.3) is 0 Å². The van der Waals surface area contributed by atoms with Gasteiger partial charge in [0.25, 0.3) is 0 Å². The van der Waals surface area contributed by atoms with Crippen LogP contribution in [0.15, 0.2) is 18.2 Å². The standard InChI is InChI=1S/C18H25FN2O3/c1-13-14(19)5-3-6-15(13)20-17(22)12-21-9-8-18(7-4-10-24-18)16(11-21)23-2/h3,5-6,16H,4,7-12H2,1-2H3,(H,20,22)/t16-,18+/m0/s1. The molecule has 0 bridgehead atoms. The van der Waals surface area contributed by atoms with Crippen LogP contribution in [0.2, 0.25) is 0 Å². The molecule has 5 nitrogen and oxygen atoms in total. The van der Waals surface area contributed by atoms with E-state index in [0.717, 1.165) is 32.4 Å². The molecule has 0 aromatic heterocycles. The van der Waals surface area contributed by atoms with E-state index in [1.54, 1.807) is 26.2 Å². The molecule has 2 saturated heterocycles. The van der Waals surface area contributed by atoms with Crippen molar-refractivity contribution in [1.29, 1.82) is 0 Å². The van der Waals surface area contributed by atoms with Gasteiger partial charge >= 0.3 is 0 Å². The van der Waals surface area contributed by atoms with E-state index in [2.05, 4.69) is 10.2 Å². The second kappa shape index (κ2) is 7.17. The maximum Gasteiger partial charge on any atom is 0.238 e. The van der Waals surface area contributed by atoms with Gasteiger partial charge in [-0.3, -0.25) is 9.69 Å². The van der Waals surface area contributed by atoms with Gasteiger partial charge in [0, 0.05) is 38.1 Å². The predicted molar refractivity (Wildman–Crippen MR) is 89.5 cm³/mol. The number of halogens is 1. The van der Waals surface area contributed by atoms with E-state index in [1.165, 1.54) is 6.07 Å². The molecule has 1 amide bonds. The molecule has 6 heteroatoms. The Hall–Kier alpha value is -1.50. The summed E-state index contributed by atoms with van der Waals surface area (Å²) in [5.41, 5.74) is 0.800. The fraction of sp³-hybridized carbons (Fsp3) is 0.611. The molecule has 0 unspecified atom stereocenters. The van der Waals surface area contributed by atoms with E-state index < -0.39 is 0 Å². The molecule has 132 valence electrons. The first-order valence-electron chi connectivity index (χ1n) is 8.48. The Bertz CT molecular complexity index is 602. The van der Waals surface area contributed by atoms with Crippen LogP contribution in [0.4, 0.5) is 10.1 Å². The van der Waals surface area contributed by atoms with Gasteiger partial charge < -0.3 is 14.8 Å². The van der Waals surface area contributed by atoms with Crippen LogP contribution >= 0.6 is 0 Å². The average molecular weight is 336 g/mol. The van der Waals surface area contributed by atoms with Crippen LogP contribution in [0.5, 0.6) is 0 Å². The van der Waals surface area contributed by atoms with Crippen molar-refractivity contribution in [1.82, 2.24) is 4.90 Å². The molecule has 2 heterocycles. The molecule has 0 radical (unpaired) electrons. The Balaban J connectivity index is 1.58. The van der Waals surface area contributed by atoms with Crippen molar-refractivity contribution >= 4 is 11.6 Å². The van der Waals surface area contributed by atoms with Crippen molar-refractivity contribution in [2.24, 2.45) is 0 Å². The number of piperidine rings is 1. The number of carbonyl (C=O) groups excluding carboxylic acids is 1. The number of hydrogen-bond acceptors (Lipinski definition) is 4. The third-order valence-corrected chi connectivity index (χ3v) is 5.19. The van der Waals surface area contributed by atoms with Crippen LogP contribution in [0.3, 0.4) is 0 Å². The highest BCUT2D eigenvalue weighted by Gasteiger charge is 2.46. The Morgan fingerprint density at radius 1 is 1.50 bits per heavy atom. The maximum atomic E-state index is 13.6. The number of nitrogens with one attached hydrogen (secondary N) is 1. The van der Waals surface area contributed by atoms with Crippen molar-refractivity contribution < 1.29 is 18.7 Å². The number of benzene rings is 1. The molecule has 24 heavy (non-hydrogen) atoms. The lowest BCUT2D eigenvalue weighted by Crippen LogP contribution is -2.57. The van der Waals surface area contributed by atoms with E-state index in [-0.39, 0.29) is 30.0 Å². The number of anilines is 1. The number of likely N-dealkylation sites (tertiary alicyclic amines) is 1. The predicted octanol–water partition coefficient (Wildman–Crippen LogP) is 2.34. The highest BCUT2D eigenvalue weighted by atomic mass is 19.1. The summed E-state index contributed by atoms with van der Waals surface area (Å²) >= 11 is 0. The summed E-state index contributed by atoms with van der Waals surface area (Å²) in [5.74, 6) is -0.451. The van der Waals surface area contributed by atoms with Gasteiger partial charge in [-0.05, 0) is 38.3 Å². The number of carbonyl (C=O) groups is 1. The second-order valence-corrected chi connectivity index (χ2v) is 6.69. The molecule has 1 aromatic carbocycles. The molecule has 0 aliphatic carbocycles. The van der Waals surface area contributed by atoms with E-state index in [1.807, 2.05) is 0 Å². The Kier molecular flexibility index (Phi) is 5.18. The minimum atomic E-state index is -0.314. The van der Waals surface area contributed by atoms with Gasteiger partial charge in [0.15, 0.2) is 0 Å². The summed E-state index contributed by atoms with van der Waals surface area (Å²) < 4.78 is 25.2. The van der Waals surface area contributed by atoms with Gasteiger partial charge in [0.05, 0.1) is 18.2 Å². The average Bonchev–Trinajstić information content (AvgIpc) is 3.03. The number of amides is 1. The minimum absolute atomic E-state index is 0.0162. The van der Waals surface area contributed by atoms with Crippen LogP contribution < -0.4 is 5.32 Å². The molecule has 1 spiro atoms. The van der Waals surface area contributed by atoms with Crippen LogP contribution in [-0.2, 0) is 14.3 Å². The van der Waals surface area contributed by atoms with Gasteiger partial charge in [-0.25, -0.2) is 4.39 Å². The number of rotatable bonds is 4. The fourth-order valence-electron chi connectivity index (χ4n) is 3.74. The number of hydrogen-bond donors (Lipinski definition) is 1. The van der Waals surface area contributed by atoms with E-state index in [4.69, 9.17) is 9.47 Å². The lowest BCUT2D eigenvalue weighted by molar-refractivity contribution is -0.145.